The SMILES string of the molecule is Cc1cscc1CC[C@@H](C)O. The second-order valence-corrected chi connectivity index (χ2v) is 3.71. The number of aryl methyl sites for hydroxylation is 2. The summed E-state index contributed by atoms with van der Waals surface area (Å²) in [6.45, 7) is 3.95. The van der Waals surface area contributed by atoms with E-state index in [0.29, 0.717) is 0 Å². The molecule has 1 rings (SSSR count). The van der Waals surface area contributed by atoms with Gasteiger partial charge in [0, 0.05) is 0 Å². The van der Waals surface area contributed by atoms with E-state index in [4.69, 9.17) is 5.11 Å². The van der Waals surface area contributed by atoms with E-state index in [1.165, 1.54) is 11.1 Å². The average Bonchev–Trinajstić information content (AvgIpc) is 2.31. The van der Waals surface area contributed by atoms with E-state index in [1.54, 1.807) is 11.3 Å². The van der Waals surface area contributed by atoms with Crippen LogP contribution in [0.3, 0.4) is 0 Å². The van der Waals surface area contributed by atoms with Gasteiger partial charge >= 0.3 is 0 Å². The van der Waals surface area contributed by atoms with Crippen LogP contribution in [0.5, 0.6) is 0 Å². The number of aliphatic hydroxyl groups excluding tert-OH is 1. The Morgan fingerprint density at radius 3 is 2.73 bits per heavy atom. The van der Waals surface area contributed by atoms with Crippen LogP contribution in [0, 0.1) is 6.92 Å². The molecule has 1 aromatic rings. The zero-order valence-electron chi connectivity index (χ0n) is 7.00. The fraction of sp³-hybridized carbons (Fsp3) is 0.556. The van der Waals surface area contributed by atoms with Crippen molar-refractivity contribution in [1.29, 1.82) is 0 Å². The third kappa shape index (κ3) is 2.64. The minimum atomic E-state index is -0.172. The van der Waals surface area contributed by atoms with E-state index in [-0.39, 0.29) is 6.10 Å². The summed E-state index contributed by atoms with van der Waals surface area (Å²) < 4.78 is 0. The number of aliphatic hydroxyl groups is 1. The molecule has 1 aromatic heterocycles. The molecule has 0 fully saturated rings. The molecule has 0 spiro atoms. The van der Waals surface area contributed by atoms with Crippen molar-refractivity contribution in [3.63, 3.8) is 0 Å². The highest BCUT2D eigenvalue weighted by molar-refractivity contribution is 7.08. The Bertz CT molecular complexity index is 215. The van der Waals surface area contributed by atoms with Gasteiger partial charge in [-0.15, -0.1) is 0 Å². The molecule has 0 radical (unpaired) electrons. The summed E-state index contributed by atoms with van der Waals surface area (Å²) in [6, 6.07) is 0. The molecule has 0 saturated heterocycles. The standard InChI is InChI=1S/C9H14OS/c1-7-5-11-6-9(7)4-3-8(2)10/h5-6,8,10H,3-4H2,1-2H3/t8-/m1/s1. The normalized spacial score (nSPS) is 13.4. The molecular weight excluding hydrogens is 156 g/mol. The van der Waals surface area contributed by atoms with Crippen molar-refractivity contribution in [2.45, 2.75) is 32.8 Å². The van der Waals surface area contributed by atoms with Gasteiger partial charge in [-0.3, -0.25) is 0 Å². The van der Waals surface area contributed by atoms with Crippen molar-refractivity contribution in [3.05, 3.63) is 21.9 Å². The molecule has 0 unspecified atom stereocenters. The first-order valence-corrected chi connectivity index (χ1v) is 4.84. The van der Waals surface area contributed by atoms with Gasteiger partial charge in [0.2, 0.25) is 0 Å². The highest BCUT2D eigenvalue weighted by Gasteiger charge is 2.00. The van der Waals surface area contributed by atoms with Crippen LogP contribution in [0.25, 0.3) is 0 Å². The molecule has 1 atom stereocenters. The van der Waals surface area contributed by atoms with Gasteiger partial charge in [0.25, 0.3) is 0 Å². The van der Waals surface area contributed by atoms with Crippen LogP contribution in [0.2, 0.25) is 0 Å². The number of rotatable bonds is 3. The third-order valence-electron chi connectivity index (χ3n) is 1.79. The quantitative estimate of drug-likeness (QED) is 0.738. The van der Waals surface area contributed by atoms with Crippen molar-refractivity contribution in [2.75, 3.05) is 0 Å². The molecule has 0 aliphatic carbocycles. The van der Waals surface area contributed by atoms with E-state index in [1.807, 2.05) is 6.92 Å². The van der Waals surface area contributed by atoms with Gasteiger partial charge in [-0.2, -0.15) is 11.3 Å². The van der Waals surface area contributed by atoms with Crippen molar-refractivity contribution in [3.8, 4) is 0 Å². The molecule has 0 aromatic carbocycles. The Kier molecular flexibility index (Phi) is 3.09. The molecule has 0 aliphatic rings. The summed E-state index contributed by atoms with van der Waals surface area (Å²) in [7, 11) is 0. The molecule has 0 aliphatic heterocycles. The lowest BCUT2D eigenvalue weighted by Gasteiger charge is -2.02. The second kappa shape index (κ2) is 3.88. The Balaban J connectivity index is 2.44. The van der Waals surface area contributed by atoms with Crippen LogP contribution in [0.15, 0.2) is 10.8 Å². The molecule has 1 nitrogen and oxygen atoms in total. The number of hydrogen-bond acceptors (Lipinski definition) is 2. The molecule has 0 saturated carbocycles. The fourth-order valence-corrected chi connectivity index (χ4v) is 1.90. The Hall–Kier alpha value is -0.340. The van der Waals surface area contributed by atoms with Gasteiger partial charge in [-0.1, -0.05) is 0 Å². The zero-order chi connectivity index (χ0) is 8.27. The summed E-state index contributed by atoms with van der Waals surface area (Å²) >= 11 is 1.74. The fourth-order valence-electron chi connectivity index (χ4n) is 1.01. The molecule has 11 heavy (non-hydrogen) atoms. The summed E-state index contributed by atoms with van der Waals surface area (Å²) in [4.78, 5) is 0. The van der Waals surface area contributed by atoms with Gasteiger partial charge in [0.15, 0.2) is 0 Å². The molecule has 2 heteroatoms. The first-order chi connectivity index (χ1) is 5.20. The summed E-state index contributed by atoms with van der Waals surface area (Å²) in [5.41, 5.74) is 2.74. The van der Waals surface area contributed by atoms with Crippen LogP contribution in [-0.4, -0.2) is 11.2 Å². The van der Waals surface area contributed by atoms with Crippen molar-refractivity contribution >= 4 is 11.3 Å². The van der Waals surface area contributed by atoms with Gasteiger partial charge in [0.05, 0.1) is 6.10 Å². The minimum absolute atomic E-state index is 0.172. The summed E-state index contributed by atoms with van der Waals surface area (Å²) in [5, 5.41) is 13.4. The molecule has 0 bridgehead atoms. The first-order valence-electron chi connectivity index (χ1n) is 3.90. The van der Waals surface area contributed by atoms with Gasteiger partial charge in [0.1, 0.15) is 0 Å². The van der Waals surface area contributed by atoms with Gasteiger partial charge < -0.3 is 5.11 Å². The lowest BCUT2D eigenvalue weighted by Crippen LogP contribution is -2.01. The minimum Gasteiger partial charge on any atom is -0.393 e. The van der Waals surface area contributed by atoms with Crippen LogP contribution in [0.4, 0.5) is 0 Å². The largest absolute Gasteiger partial charge is 0.393 e. The average molecular weight is 170 g/mol. The van der Waals surface area contributed by atoms with Gasteiger partial charge in [-0.25, -0.2) is 0 Å². The number of thiophene rings is 1. The molecular formula is C9H14OS. The molecule has 62 valence electrons. The van der Waals surface area contributed by atoms with E-state index in [2.05, 4.69) is 17.7 Å². The van der Waals surface area contributed by atoms with E-state index < -0.39 is 0 Å². The lowest BCUT2D eigenvalue weighted by molar-refractivity contribution is 0.185. The zero-order valence-corrected chi connectivity index (χ0v) is 7.82. The smallest absolute Gasteiger partial charge is 0.0515 e. The highest BCUT2D eigenvalue weighted by Crippen LogP contribution is 2.15. The second-order valence-electron chi connectivity index (χ2n) is 2.97. The van der Waals surface area contributed by atoms with Crippen LogP contribution < -0.4 is 0 Å². The summed E-state index contributed by atoms with van der Waals surface area (Å²) in [5.74, 6) is 0. The molecule has 1 heterocycles. The van der Waals surface area contributed by atoms with Crippen molar-refractivity contribution < 1.29 is 5.11 Å². The monoisotopic (exact) mass is 170 g/mol. The Morgan fingerprint density at radius 1 is 1.55 bits per heavy atom. The van der Waals surface area contributed by atoms with Crippen LogP contribution >= 0.6 is 11.3 Å². The van der Waals surface area contributed by atoms with E-state index >= 15 is 0 Å². The maximum atomic E-state index is 9.05. The van der Waals surface area contributed by atoms with E-state index in [0.717, 1.165) is 12.8 Å². The Labute approximate surface area is 71.7 Å². The predicted molar refractivity (Wildman–Crippen MR) is 49.1 cm³/mol. The van der Waals surface area contributed by atoms with Gasteiger partial charge in [-0.05, 0) is 48.6 Å². The first kappa shape index (κ1) is 8.75. The van der Waals surface area contributed by atoms with E-state index in [9.17, 15) is 0 Å². The summed E-state index contributed by atoms with van der Waals surface area (Å²) in [6.07, 6.45) is 1.71. The lowest BCUT2D eigenvalue weighted by atomic mass is 10.1. The molecule has 1 N–H and O–H groups in total. The van der Waals surface area contributed by atoms with Crippen LogP contribution in [0.1, 0.15) is 24.5 Å². The van der Waals surface area contributed by atoms with Crippen molar-refractivity contribution in [2.24, 2.45) is 0 Å². The topological polar surface area (TPSA) is 20.2 Å². The Morgan fingerprint density at radius 2 is 2.27 bits per heavy atom. The highest BCUT2D eigenvalue weighted by atomic mass is 32.1. The molecule has 0 amide bonds. The van der Waals surface area contributed by atoms with Crippen LogP contribution in [-0.2, 0) is 6.42 Å². The number of hydrogen-bond donors (Lipinski definition) is 1. The maximum absolute atomic E-state index is 9.05. The maximum Gasteiger partial charge on any atom is 0.0515 e. The third-order valence-corrected chi connectivity index (χ3v) is 2.70. The predicted octanol–water partition coefficient (Wildman–Crippen LogP) is 2.37. The van der Waals surface area contributed by atoms with Crippen molar-refractivity contribution in [1.82, 2.24) is 0 Å².